The third kappa shape index (κ3) is 6.25. The van der Waals surface area contributed by atoms with Gasteiger partial charge >= 0.3 is 30.7 Å². The van der Waals surface area contributed by atoms with Crippen LogP contribution in [-0.2, 0) is 9.53 Å². The van der Waals surface area contributed by atoms with E-state index in [0.717, 1.165) is 0 Å². The molecule has 0 radical (unpaired) electrons. The smallest absolute Gasteiger partial charge is 0.426 e. The van der Waals surface area contributed by atoms with Crippen LogP contribution in [0.5, 0.6) is 0 Å². The molecule has 1 aliphatic rings. The van der Waals surface area contributed by atoms with Gasteiger partial charge in [-0.15, -0.1) is 0 Å². The highest BCUT2D eigenvalue weighted by Gasteiger charge is 2.72. The Balaban J connectivity index is 3.34. The van der Waals surface area contributed by atoms with Crippen LogP contribution >= 0.6 is 0 Å². The quantitative estimate of drug-likeness (QED) is 0.298. The fourth-order valence-electron chi connectivity index (χ4n) is 3.77. The van der Waals surface area contributed by atoms with Crippen molar-refractivity contribution in [3.63, 3.8) is 0 Å². The molecule has 4 nitrogen and oxygen atoms in total. The first-order chi connectivity index (χ1) is 14.5. The first kappa shape index (κ1) is 29.3. The molecule has 0 aromatic rings. The summed E-state index contributed by atoms with van der Waals surface area (Å²) >= 11 is 0. The van der Waals surface area contributed by atoms with Crippen molar-refractivity contribution in [2.75, 3.05) is 0 Å². The molecule has 2 N–H and O–H groups in total. The van der Waals surface area contributed by atoms with Crippen molar-refractivity contribution < 1.29 is 72.4 Å². The van der Waals surface area contributed by atoms with Gasteiger partial charge in [0.2, 0.25) is 0 Å². The lowest BCUT2D eigenvalue weighted by molar-refractivity contribution is -0.376. The zero-order valence-corrected chi connectivity index (χ0v) is 16.3. The lowest BCUT2D eigenvalue weighted by atomic mass is 9.71. The van der Waals surface area contributed by atoms with Crippen molar-refractivity contribution in [1.82, 2.24) is 0 Å². The van der Waals surface area contributed by atoms with E-state index in [-0.39, 0.29) is 0 Å². The van der Waals surface area contributed by atoms with Crippen LogP contribution in [0.1, 0.15) is 32.1 Å². The number of halogens is 12. The van der Waals surface area contributed by atoms with Gasteiger partial charge in [-0.1, -0.05) is 6.58 Å². The fourth-order valence-corrected chi connectivity index (χ4v) is 3.77. The van der Waals surface area contributed by atoms with E-state index >= 15 is 0 Å². The molecule has 33 heavy (non-hydrogen) atoms. The highest BCUT2D eigenvalue weighted by Crippen LogP contribution is 2.52. The minimum absolute atomic E-state index is 0.502. The fraction of sp³-hybridized carbons (Fsp3) is 0.824. The van der Waals surface area contributed by atoms with E-state index in [9.17, 15) is 67.7 Å². The van der Waals surface area contributed by atoms with Crippen molar-refractivity contribution in [2.45, 2.75) is 74.1 Å². The van der Waals surface area contributed by atoms with Gasteiger partial charge in [-0.05, 0) is 43.9 Å². The Morgan fingerprint density at radius 1 is 0.727 bits per heavy atom. The van der Waals surface area contributed by atoms with Crippen LogP contribution in [0.15, 0.2) is 12.7 Å². The van der Waals surface area contributed by atoms with Crippen molar-refractivity contribution in [2.24, 2.45) is 11.8 Å². The molecule has 1 saturated carbocycles. The van der Waals surface area contributed by atoms with Gasteiger partial charge in [0, 0.05) is 6.08 Å². The second kappa shape index (κ2) is 9.15. The summed E-state index contributed by atoms with van der Waals surface area (Å²) in [6.45, 7) is 2.96. The molecular formula is C17H18F12O4. The molecule has 0 aromatic carbocycles. The summed E-state index contributed by atoms with van der Waals surface area (Å²) in [5.41, 5.74) is -10.7. The third-order valence-electron chi connectivity index (χ3n) is 5.35. The van der Waals surface area contributed by atoms with Crippen LogP contribution < -0.4 is 0 Å². The van der Waals surface area contributed by atoms with Crippen LogP contribution in [0.4, 0.5) is 52.7 Å². The maximum atomic E-state index is 13.0. The predicted molar refractivity (Wildman–Crippen MR) is 84.3 cm³/mol. The number of hydrogen-bond donors (Lipinski definition) is 2. The number of ether oxygens (including phenoxy) is 1. The highest BCUT2D eigenvalue weighted by atomic mass is 19.4. The van der Waals surface area contributed by atoms with E-state index in [1.54, 1.807) is 0 Å². The lowest BCUT2D eigenvalue weighted by Crippen LogP contribution is -2.59. The van der Waals surface area contributed by atoms with Gasteiger partial charge in [-0.25, -0.2) is 4.79 Å². The molecule has 0 aliphatic heterocycles. The van der Waals surface area contributed by atoms with E-state index in [1.807, 2.05) is 0 Å². The molecule has 0 spiro atoms. The molecule has 1 aliphatic carbocycles. The van der Waals surface area contributed by atoms with E-state index in [0.29, 0.717) is 6.08 Å². The van der Waals surface area contributed by atoms with Crippen molar-refractivity contribution >= 4 is 5.97 Å². The number of esters is 1. The number of aliphatic hydroxyl groups is 2. The Morgan fingerprint density at radius 2 is 1.03 bits per heavy atom. The number of hydrogen-bond acceptors (Lipinski definition) is 4. The molecule has 2 unspecified atom stereocenters. The van der Waals surface area contributed by atoms with Crippen LogP contribution in [0.2, 0.25) is 0 Å². The van der Waals surface area contributed by atoms with Gasteiger partial charge in [-0.3, -0.25) is 0 Å². The van der Waals surface area contributed by atoms with Gasteiger partial charge in [0.1, 0.15) is 6.10 Å². The molecule has 0 bridgehead atoms. The zero-order valence-electron chi connectivity index (χ0n) is 16.3. The molecule has 0 amide bonds. The summed E-state index contributed by atoms with van der Waals surface area (Å²) in [7, 11) is 0. The summed E-state index contributed by atoms with van der Waals surface area (Å²) in [5.74, 6) is -5.25. The summed E-state index contributed by atoms with van der Waals surface area (Å²) in [6, 6.07) is 0. The van der Waals surface area contributed by atoms with Gasteiger partial charge in [-0.2, -0.15) is 52.7 Å². The van der Waals surface area contributed by atoms with Crippen molar-refractivity contribution in [3.05, 3.63) is 12.7 Å². The van der Waals surface area contributed by atoms with E-state index < -0.39 is 91.9 Å². The molecule has 1 fully saturated rings. The zero-order chi connectivity index (χ0) is 26.3. The van der Waals surface area contributed by atoms with Gasteiger partial charge in [0.25, 0.3) is 11.2 Å². The van der Waals surface area contributed by atoms with E-state index in [1.165, 1.54) is 0 Å². The number of alkyl halides is 12. The molecule has 2 atom stereocenters. The summed E-state index contributed by atoms with van der Waals surface area (Å²) < 4.78 is 161. The Kier molecular flexibility index (Phi) is 8.13. The molecule has 194 valence electrons. The second-order valence-electron chi connectivity index (χ2n) is 7.82. The SMILES string of the molecule is C=CC(=O)OC1CC(CC(O)(C(F)(F)F)C(F)(F)F)CC(CC(O)(C(F)(F)F)C(F)(F)F)C1. The predicted octanol–water partition coefficient (Wildman–Crippen LogP) is 4.99. The van der Waals surface area contributed by atoms with Crippen molar-refractivity contribution in [3.8, 4) is 0 Å². The summed E-state index contributed by atoms with van der Waals surface area (Å²) in [6.07, 6.45) is -33.4. The average Bonchev–Trinajstić information content (AvgIpc) is 2.57. The van der Waals surface area contributed by atoms with Crippen LogP contribution in [0.25, 0.3) is 0 Å². The first-order valence-corrected chi connectivity index (χ1v) is 9.03. The van der Waals surface area contributed by atoms with E-state index in [4.69, 9.17) is 0 Å². The molecule has 0 aromatic heterocycles. The maximum absolute atomic E-state index is 13.0. The molecular weight excluding hydrogens is 496 g/mol. The Bertz CT molecular complexity index is 631. The van der Waals surface area contributed by atoms with Gasteiger partial charge in [0.05, 0.1) is 0 Å². The number of rotatable bonds is 6. The van der Waals surface area contributed by atoms with Crippen LogP contribution in [0.3, 0.4) is 0 Å². The van der Waals surface area contributed by atoms with Crippen LogP contribution in [0, 0.1) is 11.8 Å². The van der Waals surface area contributed by atoms with E-state index in [2.05, 4.69) is 11.3 Å². The lowest BCUT2D eigenvalue weighted by Gasteiger charge is -2.42. The minimum atomic E-state index is -6.29. The molecule has 1 rings (SSSR count). The Morgan fingerprint density at radius 3 is 1.27 bits per heavy atom. The number of carbonyl (C=O) groups excluding carboxylic acids is 1. The Labute approximate surface area is 178 Å². The first-order valence-electron chi connectivity index (χ1n) is 9.03. The third-order valence-corrected chi connectivity index (χ3v) is 5.35. The van der Waals surface area contributed by atoms with Gasteiger partial charge in [0.15, 0.2) is 0 Å². The standard InChI is InChI=1S/C17H18F12O4/c1-2-11(30)33-10-4-8(6-12(31,14(18,19)20)15(21,22)23)3-9(5-10)7-13(32,16(24,25)26)17(27,28)29/h2,8-10,31-32H,1,3-7H2. The van der Waals surface area contributed by atoms with Crippen molar-refractivity contribution in [1.29, 1.82) is 0 Å². The highest BCUT2D eigenvalue weighted by molar-refractivity contribution is 5.81. The monoisotopic (exact) mass is 514 g/mol. The second-order valence-corrected chi connectivity index (χ2v) is 7.82. The topological polar surface area (TPSA) is 66.8 Å². The molecule has 16 heteroatoms. The number of carbonyl (C=O) groups is 1. The molecule has 0 heterocycles. The average molecular weight is 514 g/mol. The molecule has 0 saturated heterocycles. The maximum Gasteiger partial charge on any atom is 0.426 e. The summed E-state index contributed by atoms with van der Waals surface area (Å²) in [5, 5.41) is 18.7. The van der Waals surface area contributed by atoms with Crippen LogP contribution in [-0.4, -0.2) is 58.2 Å². The largest absolute Gasteiger partial charge is 0.459 e. The Hall–Kier alpha value is -1.71. The summed E-state index contributed by atoms with van der Waals surface area (Å²) in [4.78, 5) is 11.3. The van der Waals surface area contributed by atoms with Gasteiger partial charge < -0.3 is 14.9 Å². The minimum Gasteiger partial charge on any atom is -0.459 e. The normalized spacial score (nSPS) is 23.9.